The van der Waals surface area contributed by atoms with Crippen LogP contribution in [0.1, 0.15) is 50.6 Å². The highest BCUT2D eigenvalue weighted by atomic mass is 16.2. The van der Waals surface area contributed by atoms with Crippen molar-refractivity contribution < 1.29 is 4.79 Å². The van der Waals surface area contributed by atoms with Crippen molar-refractivity contribution in [1.29, 1.82) is 0 Å². The molecule has 146 valence electrons. The molecular formula is C21H26N6O. The van der Waals surface area contributed by atoms with Gasteiger partial charge >= 0.3 is 6.03 Å². The Labute approximate surface area is 164 Å². The summed E-state index contributed by atoms with van der Waals surface area (Å²) in [6.07, 6.45) is 7.97. The molecule has 1 atom stereocenters. The number of carbonyl (C=O) groups excluding carboxylic acids is 1. The third-order valence-corrected chi connectivity index (χ3v) is 5.28. The lowest BCUT2D eigenvalue weighted by molar-refractivity contribution is 0.249. The van der Waals surface area contributed by atoms with Crippen LogP contribution in [-0.2, 0) is 0 Å². The maximum absolute atomic E-state index is 12.3. The average molecular weight is 378 g/mol. The maximum atomic E-state index is 12.3. The lowest BCUT2D eigenvalue weighted by Gasteiger charge is -2.22. The number of carbonyl (C=O) groups is 1. The van der Waals surface area contributed by atoms with Gasteiger partial charge in [-0.25, -0.2) is 9.78 Å². The minimum Gasteiger partial charge on any atom is -0.365 e. The van der Waals surface area contributed by atoms with E-state index in [2.05, 4.69) is 31.1 Å². The number of H-pyrrole nitrogens is 1. The van der Waals surface area contributed by atoms with E-state index in [-0.39, 0.29) is 12.1 Å². The molecule has 0 saturated heterocycles. The van der Waals surface area contributed by atoms with E-state index in [4.69, 9.17) is 0 Å². The molecule has 4 N–H and O–H groups in total. The van der Waals surface area contributed by atoms with Gasteiger partial charge in [-0.3, -0.25) is 10.4 Å². The number of amides is 2. The Bertz CT molecular complexity index is 932. The van der Waals surface area contributed by atoms with Gasteiger partial charge in [0.05, 0.1) is 16.9 Å². The fourth-order valence-corrected chi connectivity index (χ4v) is 3.71. The monoisotopic (exact) mass is 378 g/mol. The number of nitrogens with zero attached hydrogens (tertiary/aromatic N) is 2. The molecule has 0 aliphatic heterocycles. The second-order valence-corrected chi connectivity index (χ2v) is 7.40. The van der Waals surface area contributed by atoms with Crippen LogP contribution in [0.25, 0.3) is 10.9 Å². The van der Waals surface area contributed by atoms with E-state index in [9.17, 15) is 4.79 Å². The van der Waals surface area contributed by atoms with Gasteiger partial charge in [0.15, 0.2) is 5.82 Å². The number of benzene rings is 1. The first-order valence-electron chi connectivity index (χ1n) is 9.92. The van der Waals surface area contributed by atoms with Crippen molar-refractivity contribution in [2.24, 2.45) is 0 Å². The first-order chi connectivity index (χ1) is 13.7. The molecule has 28 heavy (non-hydrogen) atoms. The summed E-state index contributed by atoms with van der Waals surface area (Å²) in [6.45, 7) is 1.95. The number of pyridine rings is 1. The Hall–Kier alpha value is -3.09. The van der Waals surface area contributed by atoms with E-state index in [0.29, 0.717) is 11.9 Å². The number of aromatic nitrogens is 3. The van der Waals surface area contributed by atoms with Crippen LogP contribution in [0.15, 0.2) is 42.6 Å². The van der Waals surface area contributed by atoms with E-state index in [0.717, 1.165) is 22.3 Å². The smallest absolute Gasteiger partial charge is 0.320 e. The largest absolute Gasteiger partial charge is 0.365 e. The van der Waals surface area contributed by atoms with Crippen molar-refractivity contribution in [2.45, 2.75) is 51.1 Å². The number of rotatable bonds is 5. The molecule has 0 unspecified atom stereocenters. The predicted octanol–water partition coefficient (Wildman–Crippen LogP) is 4.59. The van der Waals surface area contributed by atoms with E-state index in [1.807, 2.05) is 37.3 Å². The number of aromatic amines is 1. The molecule has 1 fully saturated rings. The number of hydrogen-bond acceptors (Lipinski definition) is 4. The fraction of sp³-hybridized carbons (Fsp3) is 0.381. The molecule has 1 aliphatic rings. The molecule has 0 spiro atoms. The van der Waals surface area contributed by atoms with Crippen molar-refractivity contribution in [3.8, 4) is 0 Å². The molecular weight excluding hydrogens is 352 g/mol. The van der Waals surface area contributed by atoms with Gasteiger partial charge in [0, 0.05) is 18.3 Å². The summed E-state index contributed by atoms with van der Waals surface area (Å²) >= 11 is 0. The third kappa shape index (κ3) is 4.24. The summed E-state index contributed by atoms with van der Waals surface area (Å²) in [5.41, 5.74) is 1.90. The minimum absolute atomic E-state index is 0.0941. The second kappa shape index (κ2) is 8.29. The summed E-state index contributed by atoms with van der Waals surface area (Å²) in [5, 5.41) is 17.6. The Morgan fingerprint density at radius 1 is 1.18 bits per heavy atom. The molecule has 0 radical (unpaired) electrons. The molecule has 1 aliphatic carbocycles. The number of anilines is 2. The highest BCUT2D eigenvalue weighted by Gasteiger charge is 2.16. The van der Waals surface area contributed by atoms with Gasteiger partial charge in [-0.1, -0.05) is 49.6 Å². The van der Waals surface area contributed by atoms with E-state index < -0.39 is 0 Å². The third-order valence-electron chi connectivity index (χ3n) is 5.28. The lowest BCUT2D eigenvalue weighted by Crippen LogP contribution is -2.31. The minimum atomic E-state index is -0.289. The van der Waals surface area contributed by atoms with Crippen molar-refractivity contribution in [2.75, 3.05) is 10.6 Å². The van der Waals surface area contributed by atoms with E-state index in [1.165, 1.54) is 32.1 Å². The number of fused-ring (bicyclic) bond motifs is 1. The van der Waals surface area contributed by atoms with Gasteiger partial charge in [0.25, 0.3) is 0 Å². The zero-order chi connectivity index (χ0) is 19.3. The van der Waals surface area contributed by atoms with Crippen LogP contribution in [0, 0.1) is 0 Å². The summed E-state index contributed by atoms with van der Waals surface area (Å²) in [7, 11) is 0. The average Bonchev–Trinajstić information content (AvgIpc) is 3.11. The van der Waals surface area contributed by atoms with Crippen molar-refractivity contribution in [3.05, 3.63) is 48.2 Å². The second-order valence-electron chi connectivity index (χ2n) is 7.40. The molecule has 7 nitrogen and oxygen atoms in total. The molecule has 3 aromatic rings. The Kier molecular flexibility index (Phi) is 5.41. The topological polar surface area (TPSA) is 94.7 Å². The number of hydrogen-bond donors (Lipinski definition) is 4. The van der Waals surface area contributed by atoms with Crippen LogP contribution in [0.4, 0.5) is 16.4 Å². The van der Waals surface area contributed by atoms with Gasteiger partial charge < -0.3 is 10.6 Å². The fourth-order valence-electron chi connectivity index (χ4n) is 3.71. The van der Waals surface area contributed by atoms with Crippen LogP contribution in [0.2, 0.25) is 0 Å². The molecule has 2 heterocycles. The zero-order valence-corrected chi connectivity index (χ0v) is 16.0. The summed E-state index contributed by atoms with van der Waals surface area (Å²) in [5.74, 6) is 1.32. The molecule has 7 heteroatoms. The Morgan fingerprint density at radius 3 is 2.75 bits per heavy atom. The molecule has 2 aromatic heterocycles. The van der Waals surface area contributed by atoms with Gasteiger partial charge in [-0.15, -0.1) is 0 Å². The summed E-state index contributed by atoms with van der Waals surface area (Å²) in [6, 6.07) is 11.7. The molecule has 0 bridgehead atoms. The van der Waals surface area contributed by atoms with Gasteiger partial charge in [0.2, 0.25) is 0 Å². The predicted molar refractivity (Wildman–Crippen MR) is 111 cm³/mol. The highest BCUT2D eigenvalue weighted by molar-refractivity contribution is 5.94. The van der Waals surface area contributed by atoms with Crippen molar-refractivity contribution in [1.82, 2.24) is 20.5 Å². The van der Waals surface area contributed by atoms with E-state index in [1.54, 1.807) is 12.3 Å². The Balaban J connectivity index is 1.40. The first-order valence-corrected chi connectivity index (χ1v) is 9.92. The van der Waals surface area contributed by atoms with Gasteiger partial charge in [-0.2, -0.15) is 5.10 Å². The van der Waals surface area contributed by atoms with Crippen molar-refractivity contribution >= 4 is 28.6 Å². The molecule has 2 amide bonds. The molecule has 1 saturated carbocycles. The quantitative estimate of drug-likeness (QED) is 0.522. The number of urea groups is 1. The molecule has 1 aromatic carbocycles. The van der Waals surface area contributed by atoms with Gasteiger partial charge in [-0.05, 0) is 25.3 Å². The summed E-state index contributed by atoms with van der Waals surface area (Å²) in [4.78, 5) is 16.7. The highest BCUT2D eigenvalue weighted by Crippen LogP contribution is 2.26. The Morgan fingerprint density at radius 2 is 1.96 bits per heavy atom. The standard InChI is InChI=1S/C21H26N6O/c1-14(15-8-4-2-5-9-15)23-21(28)25-19-12-18-17(13-22-19)20(27-26-18)24-16-10-6-3-7-11-16/h2,4-5,8-9,12-14,16H,3,6-7,10-11H2,1H3,(H2,24,26,27)(H2,22,23,25,28)/t14-/m1/s1. The van der Waals surface area contributed by atoms with Crippen LogP contribution in [0.3, 0.4) is 0 Å². The molecule has 4 rings (SSSR count). The van der Waals surface area contributed by atoms with Crippen molar-refractivity contribution in [3.63, 3.8) is 0 Å². The SMILES string of the molecule is C[C@@H](NC(=O)Nc1cc2[nH]nc(NC3CCCCC3)c2cn1)c1ccccc1. The van der Waals surface area contributed by atoms with Crippen LogP contribution < -0.4 is 16.0 Å². The maximum Gasteiger partial charge on any atom is 0.320 e. The lowest BCUT2D eigenvalue weighted by atomic mass is 9.95. The first kappa shape index (κ1) is 18.3. The van der Waals surface area contributed by atoms with Gasteiger partial charge in [0.1, 0.15) is 5.82 Å². The van der Waals surface area contributed by atoms with Crippen LogP contribution in [-0.4, -0.2) is 27.3 Å². The zero-order valence-electron chi connectivity index (χ0n) is 16.0. The van der Waals surface area contributed by atoms with Crippen LogP contribution in [0.5, 0.6) is 0 Å². The number of nitrogens with one attached hydrogen (secondary N) is 4. The van der Waals surface area contributed by atoms with Crippen LogP contribution >= 0.6 is 0 Å². The normalized spacial score (nSPS) is 15.9. The summed E-state index contributed by atoms with van der Waals surface area (Å²) < 4.78 is 0. The van der Waals surface area contributed by atoms with E-state index >= 15 is 0 Å².